The summed E-state index contributed by atoms with van der Waals surface area (Å²) in [5.74, 6) is -0.781. The molecule has 0 aliphatic carbocycles. The first-order chi connectivity index (χ1) is 11.5. The molecular weight excluding hydrogens is 311 g/mol. The maximum absolute atomic E-state index is 13.8. The van der Waals surface area contributed by atoms with E-state index in [1.165, 1.54) is 6.07 Å². The fourth-order valence-corrected chi connectivity index (χ4v) is 2.83. The highest BCUT2D eigenvalue weighted by Crippen LogP contribution is 2.23. The quantitative estimate of drug-likeness (QED) is 0.895. The van der Waals surface area contributed by atoms with Crippen LogP contribution in [0.1, 0.15) is 28.3 Å². The lowest BCUT2D eigenvalue weighted by atomic mass is 10.2. The molecule has 1 fully saturated rings. The van der Waals surface area contributed by atoms with Crippen LogP contribution in [0.2, 0.25) is 0 Å². The fraction of sp³-hybridized carbons (Fsp3) is 0.353. The molecule has 0 radical (unpaired) electrons. The molecule has 1 unspecified atom stereocenters. The van der Waals surface area contributed by atoms with Gasteiger partial charge in [-0.2, -0.15) is 0 Å². The minimum absolute atomic E-state index is 0.137. The van der Waals surface area contributed by atoms with Crippen LogP contribution in [0.25, 0.3) is 0 Å². The highest BCUT2D eigenvalue weighted by Gasteiger charge is 2.27. The molecule has 2 N–H and O–H groups in total. The van der Waals surface area contributed by atoms with Gasteiger partial charge in [-0.25, -0.2) is 9.37 Å². The molecule has 0 spiro atoms. The molecule has 7 heteroatoms. The predicted octanol–water partition coefficient (Wildman–Crippen LogP) is 1.53. The van der Waals surface area contributed by atoms with Crippen molar-refractivity contribution in [2.45, 2.75) is 26.3 Å². The third-order valence-electron chi connectivity index (χ3n) is 4.27. The SMILES string of the molecule is Cc1nc(C(=O)NC2CCN(c3ccccc3F)C2)c(=O)[nH]c1C. The molecule has 1 aromatic carbocycles. The summed E-state index contributed by atoms with van der Waals surface area (Å²) in [5.41, 5.74) is 1.14. The molecule has 126 valence electrons. The number of benzene rings is 1. The highest BCUT2D eigenvalue weighted by atomic mass is 19.1. The Kier molecular flexibility index (Phi) is 4.33. The van der Waals surface area contributed by atoms with Crippen molar-refractivity contribution in [2.75, 3.05) is 18.0 Å². The molecule has 3 rings (SSSR count). The standard InChI is InChI=1S/C17H19FN4O2/c1-10-11(2)20-16(23)15(19-10)17(24)21-12-7-8-22(9-12)14-6-4-3-5-13(14)18/h3-6,12H,7-9H2,1-2H3,(H,20,23)(H,21,24). The van der Waals surface area contributed by atoms with Crippen LogP contribution in [-0.2, 0) is 0 Å². The summed E-state index contributed by atoms with van der Waals surface area (Å²) in [4.78, 5) is 32.8. The Labute approximate surface area is 138 Å². The fourth-order valence-electron chi connectivity index (χ4n) is 2.83. The zero-order valence-corrected chi connectivity index (χ0v) is 13.6. The van der Waals surface area contributed by atoms with Crippen LogP contribution in [0, 0.1) is 19.7 Å². The zero-order chi connectivity index (χ0) is 17.3. The molecule has 1 aromatic heterocycles. The maximum Gasteiger partial charge on any atom is 0.279 e. The number of aromatic nitrogens is 2. The number of carbonyl (C=O) groups excluding carboxylic acids is 1. The highest BCUT2D eigenvalue weighted by molar-refractivity contribution is 5.92. The number of rotatable bonds is 3. The summed E-state index contributed by atoms with van der Waals surface area (Å²) in [6.45, 7) is 4.60. The van der Waals surface area contributed by atoms with Gasteiger partial charge < -0.3 is 15.2 Å². The van der Waals surface area contributed by atoms with Crippen LogP contribution in [0.4, 0.5) is 10.1 Å². The van der Waals surface area contributed by atoms with Crippen LogP contribution in [0.15, 0.2) is 29.1 Å². The maximum atomic E-state index is 13.8. The number of nitrogens with one attached hydrogen (secondary N) is 2. The second-order valence-electron chi connectivity index (χ2n) is 5.98. The van der Waals surface area contributed by atoms with Crippen LogP contribution < -0.4 is 15.8 Å². The van der Waals surface area contributed by atoms with Gasteiger partial charge in [-0.3, -0.25) is 9.59 Å². The number of aryl methyl sites for hydroxylation is 2. The Morgan fingerprint density at radius 1 is 1.38 bits per heavy atom. The van der Waals surface area contributed by atoms with Crippen LogP contribution in [0.5, 0.6) is 0 Å². The largest absolute Gasteiger partial charge is 0.367 e. The van der Waals surface area contributed by atoms with E-state index >= 15 is 0 Å². The lowest BCUT2D eigenvalue weighted by Crippen LogP contribution is -2.40. The van der Waals surface area contributed by atoms with E-state index in [0.29, 0.717) is 36.6 Å². The van der Waals surface area contributed by atoms with Gasteiger partial charge in [0.2, 0.25) is 0 Å². The van der Waals surface area contributed by atoms with E-state index in [9.17, 15) is 14.0 Å². The van der Waals surface area contributed by atoms with E-state index in [1.807, 2.05) is 4.90 Å². The number of hydrogen-bond donors (Lipinski definition) is 2. The summed E-state index contributed by atoms with van der Waals surface area (Å²) in [6, 6.07) is 6.41. The Hall–Kier alpha value is -2.70. The lowest BCUT2D eigenvalue weighted by molar-refractivity contribution is 0.0933. The second kappa shape index (κ2) is 6.43. The molecule has 0 bridgehead atoms. The third-order valence-corrected chi connectivity index (χ3v) is 4.27. The van der Waals surface area contributed by atoms with Gasteiger partial charge in [0, 0.05) is 24.8 Å². The molecule has 2 heterocycles. The minimum atomic E-state index is -0.500. The number of aromatic amines is 1. The van der Waals surface area contributed by atoms with E-state index < -0.39 is 11.5 Å². The van der Waals surface area contributed by atoms with Crippen molar-refractivity contribution in [1.82, 2.24) is 15.3 Å². The topological polar surface area (TPSA) is 78.1 Å². The van der Waals surface area contributed by atoms with Gasteiger partial charge in [-0.05, 0) is 32.4 Å². The molecule has 1 aliphatic rings. The summed E-state index contributed by atoms with van der Waals surface area (Å²) in [6.07, 6.45) is 0.683. The van der Waals surface area contributed by atoms with Gasteiger partial charge in [0.05, 0.1) is 11.4 Å². The van der Waals surface area contributed by atoms with Crippen molar-refractivity contribution >= 4 is 11.6 Å². The van der Waals surface area contributed by atoms with Gasteiger partial charge >= 0.3 is 0 Å². The van der Waals surface area contributed by atoms with Crippen molar-refractivity contribution in [2.24, 2.45) is 0 Å². The van der Waals surface area contributed by atoms with Crippen molar-refractivity contribution in [3.63, 3.8) is 0 Å². The van der Waals surface area contributed by atoms with Crippen molar-refractivity contribution in [1.29, 1.82) is 0 Å². The smallest absolute Gasteiger partial charge is 0.279 e. The lowest BCUT2D eigenvalue weighted by Gasteiger charge is -2.19. The summed E-state index contributed by atoms with van der Waals surface area (Å²) < 4.78 is 13.8. The van der Waals surface area contributed by atoms with Crippen molar-refractivity contribution in [3.8, 4) is 0 Å². The van der Waals surface area contributed by atoms with Crippen LogP contribution >= 0.6 is 0 Å². The van der Waals surface area contributed by atoms with E-state index in [-0.39, 0.29) is 17.6 Å². The first-order valence-corrected chi connectivity index (χ1v) is 7.83. The zero-order valence-electron chi connectivity index (χ0n) is 13.6. The average molecular weight is 330 g/mol. The summed E-state index contributed by atoms with van der Waals surface area (Å²) in [7, 11) is 0. The molecule has 24 heavy (non-hydrogen) atoms. The Bertz CT molecular complexity index is 834. The molecule has 1 aliphatic heterocycles. The molecule has 0 saturated carbocycles. The van der Waals surface area contributed by atoms with Gasteiger partial charge in [-0.1, -0.05) is 12.1 Å². The summed E-state index contributed by atoms with van der Waals surface area (Å²) >= 11 is 0. The van der Waals surface area contributed by atoms with E-state index in [0.717, 1.165) is 0 Å². The van der Waals surface area contributed by atoms with Crippen LogP contribution in [-0.4, -0.2) is 35.0 Å². The molecular formula is C17H19FN4O2. The monoisotopic (exact) mass is 330 g/mol. The predicted molar refractivity (Wildman–Crippen MR) is 88.8 cm³/mol. The molecule has 1 atom stereocenters. The summed E-state index contributed by atoms with van der Waals surface area (Å²) in [5, 5.41) is 2.82. The molecule has 1 saturated heterocycles. The molecule has 1 amide bonds. The number of halogens is 1. The van der Waals surface area contributed by atoms with E-state index in [2.05, 4.69) is 15.3 Å². The van der Waals surface area contributed by atoms with Gasteiger partial charge in [0.1, 0.15) is 5.82 Å². The van der Waals surface area contributed by atoms with Gasteiger partial charge in [0.15, 0.2) is 5.69 Å². The van der Waals surface area contributed by atoms with E-state index in [1.54, 1.807) is 32.0 Å². The first kappa shape index (κ1) is 16.2. The molecule has 2 aromatic rings. The Morgan fingerprint density at radius 2 is 2.12 bits per heavy atom. The minimum Gasteiger partial charge on any atom is -0.367 e. The van der Waals surface area contributed by atoms with Gasteiger partial charge in [-0.15, -0.1) is 0 Å². The second-order valence-corrected chi connectivity index (χ2v) is 5.98. The average Bonchev–Trinajstić information content (AvgIpc) is 2.99. The number of amides is 1. The first-order valence-electron chi connectivity index (χ1n) is 7.83. The van der Waals surface area contributed by atoms with Crippen LogP contribution in [0.3, 0.4) is 0 Å². The Morgan fingerprint density at radius 3 is 2.88 bits per heavy atom. The normalized spacial score (nSPS) is 17.1. The van der Waals surface area contributed by atoms with Crippen molar-refractivity contribution < 1.29 is 9.18 Å². The number of H-pyrrole nitrogens is 1. The number of anilines is 1. The Balaban J connectivity index is 1.70. The number of para-hydroxylation sites is 1. The molecule has 6 nitrogen and oxygen atoms in total. The van der Waals surface area contributed by atoms with Gasteiger partial charge in [0.25, 0.3) is 11.5 Å². The van der Waals surface area contributed by atoms with Crippen molar-refractivity contribution in [3.05, 3.63) is 57.5 Å². The van der Waals surface area contributed by atoms with E-state index in [4.69, 9.17) is 0 Å². The number of carbonyl (C=O) groups is 1. The number of hydrogen-bond acceptors (Lipinski definition) is 4. The third kappa shape index (κ3) is 3.15. The number of nitrogens with zero attached hydrogens (tertiary/aromatic N) is 2.